The second-order valence-electron chi connectivity index (χ2n) is 7.82. The molecule has 3 fully saturated rings. The van der Waals surface area contributed by atoms with Crippen molar-refractivity contribution in [1.82, 2.24) is 0 Å². The number of fused-ring (bicyclic) bond motifs is 3. The average Bonchev–Trinajstić information content (AvgIpc) is 2.70. The van der Waals surface area contributed by atoms with Crippen molar-refractivity contribution in [3.63, 3.8) is 0 Å². The zero-order chi connectivity index (χ0) is 19.1. The summed E-state index contributed by atoms with van der Waals surface area (Å²) in [5.74, 6) is -0.750. The lowest BCUT2D eigenvalue weighted by molar-refractivity contribution is -0.578. The molecule has 0 spiro atoms. The van der Waals surface area contributed by atoms with E-state index in [1.54, 1.807) is 19.3 Å². The van der Waals surface area contributed by atoms with Crippen molar-refractivity contribution in [3.8, 4) is 0 Å². The quantitative estimate of drug-likeness (QED) is 0.583. The Bertz CT molecular complexity index is 777. The van der Waals surface area contributed by atoms with Gasteiger partial charge in [0.25, 0.3) is 11.5 Å². The summed E-state index contributed by atoms with van der Waals surface area (Å²) in [4.78, 5) is 11.9. The van der Waals surface area contributed by atoms with E-state index >= 15 is 0 Å². The molecule has 3 saturated heterocycles. The third-order valence-electron chi connectivity index (χ3n) is 5.48. The SMILES string of the molecule is COC1=C(c2ccccc2)CC(CC23OCC(C)(CO2)CO3)([N+](=O)[O-])C=C1. The first-order valence-corrected chi connectivity index (χ1v) is 8.98. The van der Waals surface area contributed by atoms with Crippen LogP contribution in [0.3, 0.4) is 0 Å². The molecule has 27 heavy (non-hydrogen) atoms. The Labute approximate surface area is 157 Å². The maximum absolute atomic E-state index is 12.2. The molecule has 1 unspecified atom stereocenters. The van der Waals surface area contributed by atoms with E-state index in [1.807, 2.05) is 37.3 Å². The van der Waals surface area contributed by atoms with Crippen molar-refractivity contribution in [2.75, 3.05) is 26.9 Å². The number of hydrogen-bond donors (Lipinski definition) is 0. The molecular formula is C20H23NO6. The summed E-state index contributed by atoms with van der Waals surface area (Å²) in [6, 6.07) is 9.56. The van der Waals surface area contributed by atoms with E-state index in [4.69, 9.17) is 18.9 Å². The lowest BCUT2D eigenvalue weighted by atomic mass is 9.79. The van der Waals surface area contributed by atoms with Crippen molar-refractivity contribution < 1.29 is 23.9 Å². The van der Waals surface area contributed by atoms with Gasteiger partial charge in [-0.15, -0.1) is 0 Å². The number of nitro groups is 1. The first-order valence-electron chi connectivity index (χ1n) is 8.98. The summed E-state index contributed by atoms with van der Waals surface area (Å²) >= 11 is 0. The first-order chi connectivity index (χ1) is 12.9. The predicted octanol–water partition coefficient (Wildman–Crippen LogP) is 3.15. The fourth-order valence-corrected chi connectivity index (χ4v) is 3.80. The van der Waals surface area contributed by atoms with Gasteiger partial charge in [-0.25, -0.2) is 0 Å². The topological polar surface area (TPSA) is 80.1 Å². The predicted molar refractivity (Wildman–Crippen MR) is 97.2 cm³/mol. The minimum Gasteiger partial charge on any atom is -0.496 e. The summed E-state index contributed by atoms with van der Waals surface area (Å²) < 4.78 is 22.9. The number of benzene rings is 1. The van der Waals surface area contributed by atoms with Gasteiger partial charge in [0.2, 0.25) is 0 Å². The van der Waals surface area contributed by atoms with E-state index < -0.39 is 11.5 Å². The molecule has 0 amide bonds. The van der Waals surface area contributed by atoms with Crippen LogP contribution in [-0.2, 0) is 18.9 Å². The standard InChI is InChI=1S/C20H23NO6/c1-18-12-25-20(26-13-18,27-14-18)11-19(21(22)23)9-8-17(24-2)16(10-19)15-6-4-3-5-7-15/h3-9H,10-14H2,1-2H3. The minimum atomic E-state index is -1.40. The van der Waals surface area contributed by atoms with Crippen LogP contribution >= 0.6 is 0 Å². The lowest BCUT2D eigenvalue weighted by Gasteiger charge is -2.51. The monoisotopic (exact) mass is 373 g/mol. The van der Waals surface area contributed by atoms with Gasteiger partial charge in [0.15, 0.2) is 0 Å². The summed E-state index contributed by atoms with van der Waals surface area (Å²) in [7, 11) is 1.57. The van der Waals surface area contributed by atoms with Crippen LogP contribution in [0.5, 0.6) is 0 Å². The Kier molecular flexibility index (Phi) is 4.33. The highest BCUT2D eigenvalue weighted by Crippen LogP contribution is 2.46. The van der Waals surface area contributed by atoms with Gasteiger partial charge < -0.3 is 18.9 Å². The zero-order valence-electron chi connectivity index (χ0n) is 15.5. The minimum absolute atomic E-state index is 0.0209. The van der Waals surface area contributed by atoms with E-state index in [-0.39, 0.29) is 23.2 Å². The average molecular weight is 373 g/mol. The van der Waals surface area contributed by atoms with Gasteiger partial charge in [0.05, 0.1) is 33.4 Å². The second-order valence-corrected chi connectivity index (χ2v) is 7.82. The molecule has 4 aliphatic rings. The molecule has 1 aromatic carbocycles. The van der Waals surface area contributed by atoms with Gasteiger partial charge in [-0.2, -0.15) is 0 Å². The number of nitrogens with zero attached hydrogens (tertiary/aromatic N) is 1. The Balaban J connectivity index is 1.67. The summed E-state index contributed by atoms with van der Waals surface area (Å²) in [6.07, 6.45) is 3.39. The van der Waals surface area contributed by atoms with Crippen LogP contribution in [0.25, 0.3) is 5.57 Å². The van der Waals surface area contributed by atoms with Gasteiger partial charge in [-0.05, 0) is 17.7 Å². The second kappa shape index (κ2) is 6.44. The van der Waals surface area contributed by atoms with Crippen LogP contribution in [0.15, 0.2) is 48.2 Å². The summed E-state index contributed by atoms with van der Waals surface area (Å²) in [6.45, 7) is 3.42. The summed E-state index contributed by atoms with van der Waals surface area (Å²) in [5, 5.41) is 12.2. The van der Waals surface area contributed by atoms with Gasteiger partial charge in [0.1, 0.15) is 12.2 Å². The molecule has 1 aromatic rings. The molecular weight excluding hydrogens is 350 g/mol. The molecule has 7 nitrogen and oxygen atoms in total. The number of hydrogen-bond acceptors (Lipinski definition) is 6. The van der Waals surface area contributed by atoms with Crippen molar-refractivity contribution in [2.24, 2.45) is 5.41 Å². The lowest BCUT2D eigenvalue weighted by Crippen LogP contribution is -2.62. The van der Waals surface area contributed by atoms with Crippen LogP contribution in [0.2, 0.25) is 0 Å². The van der Waals surface area contributed by atoms with Crippen LogP contribution in [0, 0.1) is 15.5 Å². The number of allylic oxidation sites excluding steroid dienone is 1. The first kappa shape index (κ1) is 18.2. The van der Waals surface area contributed by atoms with Crippen LogP contribution in [-0.4, -0.2) is 43.4 Å². The normalized spacial score (nSPS) is 35.3. The van der Waals surface area contributed by atoms with Crippen LogP contribution in [0.4, 0.5) is 0 Å². The van der Waals surface area contributed by atoms with Crippen LogP contribution in [0.1, 0.15) is 25.3 Å². The Morgan fingerprint density at radius 2 is 1.78 bits per heavy atom. The molecule has 144 valence electrons. The molecule has 3 aliphatic heterocycles. The van der Waals surface area contributed by atoms with Crippen molar-refractivity contribution in [3.05, 3.63) is 63.9 Å². The van der Waals surface area contributed by atoms with Crippen molar-refractivity contribution in [2.45, 2.75) is 31.3 Å². The van der Waals surface area contributed by atoms with Crippen molar-refractivity contribution in [1.29, 1.82) is 0 Å². The van der Waals surface area contributed by atoms with Crippen LogP contribution < -0.4 is 0 Å². The van der Waals surface area contributed by atoms with E-state index in [2.05, 4.69) is 0 Å². The van der Waals surface area contributed by atoms with Gasteiger partial charge in [-0.3, -0.25) is 10.1 Å². The van der Waals surface area contributed by atoms with Gasteiger partial charge >= 0.3 is 0 Å². The maximum Gasteiger partial charge on any atom is 0.290 e. The molecule has 1 aliphatic carbocycles. The molecule has 0 N–H and O–H groups in total. The summed E-state index contributed by atoms with van der Waals surface area (Å²) in [5.41, 5.74) is 0.0814. The molecule has 0 radical (unpaired) electrons. The number of rotatable bonds is 5. The van der Waals surface area contributed by atoms with Crippen molar-refractivity contribution >= 4 is 5.57 Å². The highest BCUT2D eigenvalue weighted by atomic mass is 16.9. The highest BCUT2D eigenvalue weighted by Gasteiger charge is 2.58. The number of methoxy groups -OCH3 is 1. The fourth-order valence-electron chi connectivity index (χ4n) is 3.80. The third-order valence-corrected chi connectivity index (χ3v) is 5.48. The van der Waals surface area contributed by atoms with E-state index in [0.29, 0.717) is 25.6 Å². The number of ether oxygens (including phenoxy) is 4. The maximum atomic E-state index is 12.2. The largest absolute Gasteiger partial charge is 0.496 e. The molecule has 2 bridgehead atoms. The van der Waals surface area contributed by atoms with E-state index in [1.165, 1.54) is 0 Å². The molecule has 0 aromatic heterocycles. The fraction of sp³-hybridized carbons (Fsp3) is 0.500. The Morgan fingerprint density at radius 1 is 1.15 bits per heavy atom. The van der Waals surface area contributed by atoms with E-state index in [9.17, 15) is 10.1 Å². The van der Waals surface area contributed by atoms with E-state index in [0.717, 1.165) is 11.1 Å². The van der Waals surface area contributed by atoms with Gasteiger partial charge in [0, 0.05) is 15.9 Å². The molecule has 7 heteroatoms. The molecule has 5 rings (SSSR count). The Hall–Kier alpha value is -2.22. The molecule has 3 heterocycles. The highest BCUT2D eigenvalue weighted by molar-refractivity contribution is 5.72. The Morgan fingerprint density at radius 3 is 2.33 bits per heavy atom. The zero-order valence-corrected chi connectivity index (χ0v) is 15.5. The third kappa shape index (κ3) is 3.16. The smallest absolute Gasteiger partial charge is 0.290 e. The molecule has 0 saturated carbocycles. The molecule has 1 atom stereocenters. The van der Waals surface area contributed by atoms with Gasteiger partial charge in [-0.1, -0.05) is 37.3 Å².